The molecule has 0 atom stereocenters. The highest BCUT2D eigenvalue weighted by atomic mass is 35.5. The first-order valence-electron chi connectivity index (χ1n) is 3.89. The summed E-state index contributed by atoms with van der Waals surface area (Å²) in [6.07, 6.45) is 0. The van der Waals surface area contributed by atoms with Crippen molar-refractivity contribution in [1.29, 1.82) is 0 Å². The number of anilines is 2. The Morgan fingerprint density at radius 3 is 2.35 bits per heavy atom. The van der Waals surface area contributed by atoms with Gasteiger partial charge in [0.25, 0.3) is 5.91 Å². The molecule has 0 fully saturated rings. The predicted octanol–water partition coefficient (Wildman–Crippen LogP) is -1.37. The first-order chi connectivity index (χ1) is 7.41. The lowest BCUT2D eigenvalue weighted by Crippen LogP contribution is -2.30. The van der Waals surface area contributed by atoms with Crippen LogP contribution in [0.25, 0.3) is 0 Å². The van der Waals surface area contributed by atoms with Crippen molar-refractivity contribution in [3.8, 4) is 0 Å². The third kappa shape index (κ3) is 3.81. The Bertz CT molecular complexity index is 458. The van der Waals surface area contributed by atoms with Crippen molar-refractivity contribution in [3.63, 3.8) is 0 Å². The van der Waals surface area contributed by atoms with E-state index in [4.69, 9.17) is 34.5 Å². The number of carbonyl (C=O) groups excluding carboxylic acids is 1. The van der Waals surface area contributed by atoms with Gasteiger partial charge in [-0.05, 0) is 0 Å². The van der Waals surface area contributed by atoms with Crippen LogP contribution in [0.15, 0.2) is 5.10 Å². The Kier molecular flexibility index (Phi) is 5.22. The number of hydrogen-bond donors (Lipinski definition) is 5. The molecule has 9 nitrogen and oxygen atoms in total. The molecule has 1 rings (SSSR count). The number of guanidine groups is 1. The molecular formula is C6H10Cl2N8O. The monoisotopic (exact) mass is 280 g/mol. The number of nitrogens with two attached hydrogens (primary N) is 4. The molecule has 1 aromatic heterocycles. The minimum atomic E-state index is -0.750. The van der Waals surface area contributed by atoms with Crippen LogP contribution in [0, 0.1) is 0 Å². The molecular weight excluding hydrogens is 271 g/mol. The van der Waals surface area contributed by atoms with E-state index in [-0.39, 0.29) is 40.8 Å². The number of amides is 1. The van der Waals surface area contributed by atoms with E-state index in [0.29, 0.717) is 0 Å². The lowest BCUT2D eigenvalue weighted by atomic mass is 10.4. The van der Waals surface area contributed by atoms with Crippen molar-refractivity contribution in [1.82, 2.24) is 15.4 Å². The summed E-state index contributed by atoms with van der Waals surface area (Å²) >= 11 is 5.57. The van der Waals surface area contributed by atoms with Crippen molar-refractivity contribution in [2.45, 2.75) is 0 Å². The maximum atomic E-state index is 11.4. The van der Waals surface area contributed by atoms with Gasteiger partial charge in [-0.15, -0.1) is 17.5 Å². The molecule has 9 N–H and O–H groups in total. The molecule has 0 saturated heterocycles. The number of nitrogen functional groups attached to an aromatic ring is 2. The smallest absolute Gasteiger partial charge is 0.293 e. The summed E-state index contributed by atoms with van der Waals surface area (Å²) in [5.74, 6) is -1.32. The van der Waals surface area contributed by atoms with Crippen molar-refractivity contribution in [2.75, 3.05) is 11.5 Å². The van der Waals surface area contributed by atoms with Crippen LogP contribution in [0.4, 0.5) is 11.6 Å². The molecule has 0 aliphatic carbocycles. The Labute approximate surface area is 107 Å². The van der Waals surface area contributed by atoms with Gasteiger partial charge in [-0.3, -0.25) is 4.79 Å². The molecule has 1 heterocycles. The maximum Gasteiger partial charge on any atom is 0.293 e. The van der Waals surface area contributed by atoms with E-state index in [9.17, 15) is 4.79 Å². The van der Waals surface area contributed by atoms with Crippen molar-refractivity contribution in [3.05, 3.63) is 10.8 Å². The van der Waals surface area contributed by atoms with Gasteiger partial charge in [0, 0.05) is 0 Å². The van der Waals surface area contributed by atoms with Gasteiger partial charge < -0.3 is 22.9 Å². The normalized spacial score (nSPS) is 9.00. The number of hydrogen-bond acceptors (Lipinski definition) is 6. The standard InChI is InChI=1S/C6H9ClN8O.ClH/c7-2-4(9)13-3(8)1(12-2)5(16)14-15-6(10)11;/h(H,14,16)(H4,8,9,13)(H4,10,11,15);1H. The van der Waals surface area contributed by atoms with Crippen LogP contribution in [0.5, 0.6) is 0 Å². The third-order valence-electron chi connectivity index (χ3n) is 1.41. The van der Waals surface area contributed by atoms with Gasteiger partial charge >= 0.3 is 0 Å². The van der Waals surface area contributed by atoms with Gasteiger partial charge in [0.2, 0.25) is 5.96 Å². The molecule has 0 aliphatic rings. The summed E-state index contributed by atoms with van der Waals surface area (Å²) < 4.78 is 0. The number of rotatable bonds is 2. The van der Waals surface area contributed by atoms with Gasteiger partial charge in [0.15, 0.2) is 22.5 Å². The minimum absolute atomic E-state index is 0. The lowest BCUT2D eigenvalue weighted by molar-refractivity contribution is 0.0950. The zero-order valence-corrected chi connectivity index (χ0v) is 9.92. The quantitative estimate of drug-likeness (QED) is 0.253. The highest BCUT2D eigenvalue weighted by Crippen LogP contribution is 2.16. The van der Waals surface area contributed by atoms with Crippen LogP contribution in [0.2, 0.25) is 5.15 Å². The van der Waals surface area contributed by atoms with Crippen molar-refractivity contribution < 1.29 is 4.79 Å². The molecule has 1 amide bonds. The molecule has 0 spiro atoms. The fraction of sp³-hybridized carbons (Fsp3) is 0. The van der Waals surface area contributed by atoms with Gasteiger partial charge in [-0.25, -0.2) is 15.4 Å². The van der Waals surface area contributed by atoms with Crippen LogP contribution in [0.1, 0.15) is 10.5 Å². The Morgan fingerprint density at radius 2 is 1.82 bits per heavy atom. The number of halogens is 2. The van der Waals surface area contributed by atoms with E-state index in [2.05, 4.69) is 15.1 Å². The van der Waals surface area contributed by atoms with E-state index in [1.54, 1.807) is 0 Å². The first kappa shape index (κ1) is 15.0. The fourth-order valence-electron chi connectivity index (χ4n) is 0.777. The van der Waals surface area contributed by atoms with Crippen LogP contribution < -0.4 is 28.4 Å². The largest absolute Gasteiger partial charge is 0.382 e. The molecule has 0 aromatic carbocycles. The summed E-state index contributed by atoms with van der Waals surface area (Å²) in [7, 11) is 0. The average molecular weight is 281 g/mol. The fourth-order valence-corrected chi connectivity index (χ4v) is 0.904. The summed E-state index contributed by atoms with van der Waals surface area (Å²) in [4.78, 5) is 18.7. The lowest BCUT2D eigenvalue weighted by Gasteiger charge is -2.04. The average Bonchev–Trinajstić information content (AvgIpc) is 2.20. The van der Waals surface area contributed by atoms with Gasteiger partial charge in [-0.1, -0.05) is 11.6 Å². The van der Waals surface area contributed by atoms with E-state index >= 15 is 0 Å². The Hall–Kier alpha value is -2.00. The van der Waals surface area contributed by atoms with E-state index in [1.807, 2.05) is 5.43 Å². The summed E-state index contributed by atoms with van der Waals surface area (Å²) in [5.41, 5.74) is 22.5. The van der Waals surface area contributed by atoms with Gasteiger partial charge in [-0.2, -0.15) is 0 Å². The first-order valence-corrected chi connectivity index (χ1v) is 4.27. The number of nitrogens with zero attached hydrogens (tertiary/aromatic N) is 3. The van der Waals surface area contributed by atoms with Crippen LogP contribution in [0.3, 0.4) is 0 Å². The highest BCUT2D eigenvalue weighted by Gasteiger charge is 2.15. The van der Waals surface area contributed by atoms with Crippen molar-refractivity contribution >= 4 is 47.5 Å². The highest BCUT2D eigenvalue weighted by molar-refractivity contribution is 6.31. The van der Waals surface area contributed by atoms with Crippen LogP contribution in [-0.2, 0) is 0 Å². The molecule has 0 saturated carbocycles. The number of aromatic nitrogens is 2. The summed E-state index contributed by atoms with van der Waals surface area (Å²) in [5, 5.41) is 3.13. The second-order valence-corrected chi connectivity index (χ2v) is 2.97. The van der Waals surface area contributed by atoms with E-state index in [0.717, 1.165) is 0 Å². The predicted molar refractivity (Wildman–Crippen MR) is 66.4 cm³/mol. The zero-order valence-electron chi connectivity index (χ0n) is 8.35. The molecule has 17 heavy (non-hydrogen) atoms. The second-order valence-electron chi connectivity index (χ2n) is 2.61. The molecule has 94 valence electrons. The zero-order chi connectivity index (χ0) is 12.3. The topological polar surface area (TPSA) is 171 Å². The summed E-state index contributed by atoms with van der Waals surface area (Å²) in [6, 6.07) is 0. The third-order valence-corrected chi connectivity index (χ3v) is 1.68. The van der Waals surface area contributed by atoms with Crippen LogP contribution in [-0.4, -0.2) is 21.8 Å². The Morgan fingerprint density at radius 1 is 1.24 bits per heavy atom. The Balaban J connectivity index is 0.00000256. The SMILES string of the molecule is Cl.NC(N)=NNC(=O)c1nc(Cl)c(N)nc1N. The van der Waals surface area contributed by atoms with Crippen LogP contribution >= 0.6 is 24.0 Å². The minimum Gasteiger partial charge on any atom is -0.382 e. The molecule has 0 aliphatic heterocycles. The molecule has 0 radical (unpaired) electrons. The second kappa shape index (κ2) is 5.92. The number of carbonyl (C=O) groups is 1. The molecule has 0 bridgehead atoms. The van der Waals surface area contributed by atoms with E-state index in [1.165, 1.54) is 0 Å². The maximum absolute atomic E-state index is 11.4. The van der Waals surface area contributed by atoms with Gasteiger partial charge in [0.1, 0.15) is 0 Å². The van der Waals surface area contributed by atoms with Gasteiger partial charge in [0.05, 0.1) is 0 Å². The summed E-state index contributed by atoms with van der Waals surface area (Å²) in [6.45, 7) is 0. The molecule has 11 heteroatoms. The molecule has 1 aromatic rings. The van der Waals surface area contributed by atoms with E-state index < -0.39 is 5.91 Å². The number of hydrazone groups is 1. The number of nitrogens with one attached hydrogen (secondary N) is 1. The molecule has 0 unspecified atom stereocenters. The van der Waals surface area contributed by atoms with Crippen molar-refractivity contribution in [2.24, 2.45) is 16.6 Å².